The molecule has 0 spiro atoms. The molecule has 0 bridgehead atoms. The number of anilines is 2. The first-order valence-electron chi connectivity index (χ1n) is 6.31. The number of hydrogen-bond donors (Lipinski definition) is 1. The SMILES string of the molecule is CCN(Cc1csc(NC(C)=O)n1)c1ccc(F)cc1. The van der Waals surface area contributed by atoms with Crippen LogP contribution in [0.15, 0.2) is 29.6 Å². The van der Waals surface area contributed by atoms with E-state index in [2.05, 4.69) is 15.2 Å². The molecule has 4 nitrogen and oxygen atoms in total. The lowest BCUT2D eigenvalue weighted by Crippen LogP contribution is -2.22. The molecule has 2 rings (SSSR count). The molecule has 0 saturated heterocycles. The van der Waals surface area contributed by atoms with Crippen LogP contribution in [0.3, 0.4) is 0 Å². The second-order valence-electron chi connectivity index (χ2n) is 4.32. The van der Waals surface area contributed by atoms with Crippen LogP contribution in [0.1, 0.15) is 19.5 Å². The maximum absolute atomic E-state index is 12.9. The third-order valence-electron chi connectivity index (χ3n) is 2.76. The predicted octanol–water partition coefficient (Wildman–Crippen LogP) is 3.27. The molecule has 0 aliphatic rings. The van der Waals surface area contributed by atoms with Crippen molar-refractivity contribution in [2.24, 2.45) is 0 Å². The standard InChI is InChI=1S/C14H16FN3OS/c1-3-18(13-6-4-11(15)5-7-13)8-12-9-20-14(17-12)16-10(2)19/h4-7,9H,3,8H2,1-2H3,(H,16,17,19). The maximum Gasteiger partial charge on any atom is 0.223 e. The first-order valence-corrected chi connectivity index (χ1v) is 7.19. The summed E-state index contributed by atoms with van der Waals surface area (Å²) >= 11 is 1.40. The fraction of sp³-hybridized carbons (Fsp3) is 0.286. The summed E-state index contributed by atoms with van der Waals surface area (Å²) in [6.45, 7) is 4.90. The Labute approximate surface area is 121 Å². The number of nitrogens with zero attached hydrogens (tertiary/aromatic N) is 2. The molecule has 0 aliphatic carbocycles. The number of halogens is 1. The minimum absolute atomic E-state index is 0.128. The molecule has 1 N–H and O–H groups in total. The zero-order valence-corrected chi connectivity index (χ0v) is 12.2. The van der Waals surface area contributed by atoms with Crippen molar-refractivity contribution in [2.45, 2.75) is 20.4 Å². The molecular formula is C14H16FN3OS. The number of hydrogen-bond acceptors (Lipinski definition) is 4. The second-order valence-corrected chi connectivity index (χ2v) is 5.17. The third kappa shape index (κ3) is 3.77. The minimum Gasteiger partial charge on any atom is -0.366 e. The van der Waals surface area contributed by atoms with Crippen LogP contribution in [0, 0.1) is 5.82 Å². The summed E-state index contributed by atoms with van der Waals surface area (Å²) < 4.78 is 12.9. The number of carbonyl (C=O) groups is 1. The largest absolute Gasteiger partial charge is 0.366 e. The van der Waals surface area contributed by atoms with E-state index in [9.17, 15) is 9.18 Å². The average Bonchev–Trinajstić information content (AvgIpc) is 2.83. The Hall–Kier alpha value is -1.95. The summed E-state index contributed by atoms with van der Waals surface area (Å²) in [5, 5.41) is 5.18. The van der Waals surface area contributed by atoms with Gasteiger partial charge in [0.2, 0.25) is 5.91 Å². The van der Waals surface area contributed by atoms with Gasteiger partial charge in [-0.25, -0.2) is 9.37 Å². The molecule has 1 aromatic heterocycles. The van der Waals surface area contributed by atoms with Gasteiger partial charge >= 0.3 is 0 Å². The maximum atomic E-state index is 12.9. The van der Waals surface area contributed by atoms with E-state index in [0.717, 1.165) is 17.9 Å². The van der Waals surface area contributed by atoms with E-state index in [-0.39, 0.29) is 11.7 Å². The number of aromatic nitrogens is 1. The highest BCUT2D eigenvalue weighted by molar-refractivity contribution is 7.13. The summed E-state index contributed by atoms with van der Waals surface area (Å²) in [6, 6.07) is 6.39. The van der Waals surface area contributed by atoms with E-state index in [0.29, 0.717) is 11.7 Å². The van der Waals surface area contributed by atoms with Gasteiger partial charge in [-0.3, -0.25) is 4.79 Å². The van der Waals surface area contributed by atoms with E-state index in [1.165, 1.54) is 30.4 Å². The number of rotatable bonds is 5. The van der Waals surface area contributed by atoms with Crippen LogP contribution in [-0.4, -0.2) is 17.4 Å². The van der Waals surface area contributed by atoms with Gasteiger partial charge in [0.1, 0.15) is 5.82 Å². The minimum atomic E-state index is -0.244. The Bertz CT molecular complexity index is 582. The van der Waals surface area contributed by atoms with Crippen LogP contribution in [0.25, 0.3) is 0 Å². The number of thiazole rings is 1. The summed E-state index contributed by atoms with van der Waals surface area (Å²) in [4.78, 5) is 17.4. The van der Waals surface area contributed by atoms with E-state index >= 15 is 0 Å². The zero-order chi connectivity index (χ0) is 14.5. The van der Waals surface area contributed by atoms with Crippen molar-refractivity contribution in [3.63, 3.8) is 0 Å². The quantitative estimate of drug-likeness (QED) is 0.920. The molecule has 0 saturated carbocycles. The van der Waals surface area contributed by atoms with Gasteiger partial charge in [-0.15, -0.1) is 11.3 Å². The van der Waals surface area contributed by atoms with Gasteiger partial charge in [-0.1, -0.05) is 0 Å². The van der Waals surface area contributed by atoms with Crippen LogP contribution in [0.2, 0.25) is 0 Å². The first kappa shape index (κ1) is 14.5. The fourth-order valence-electron chi connectivity index (χ4n) is 1.82. The Morgan fingerprint density at radius 2 is 2.10 bits per heavy atom. The topological polar surface area (TPSA) is 45.2 Å². The number of benzene rings is 1. The molecule has 0 atom stereocenters. The Balaban J connectivity index is 2.08. The number of amides is 1. The van der Waals surface area contributed by atoms with Crippen LogP contribution in [0.5, 0.6) is 0 Å². The normalized spacial score (nSPS) is 10.3. The number of nitrogens with one attached hydrogen (secondary N) is 1. The smallest absolute Gasteiger partial charge is 0.223 e. The Morgan fingerprint density at radius 3 is 2.70 bits per heavy atom. The lowest BCUT2D eigenvalue weighted by atomic mass is 10.2. The first-order chi connectivity index (χ1) is 9.58. The molecular weight excluding hydrogens is 277 g/mol. The van der Waals surface area contributed by atoms with Crippen molar-refractivity contribution in [1.29, 1.82) is 0 Å². The van der Waals surface area contributed by atoms with Crippen LogP contribution >= 0.6 is 11.3 Å². The van der Waals surface area contributed by atoms with Crippen molar-refractivity contribution in [3.8, 4) is 0 Å². The van der Waals surface area contributed by atoms with Crippen molar-refractivity contribution in [2.75, 3.05) is 16.8 Å². The monoisotopic (exact) mass is 293 g/mol. The molecule has 2 aromatic rings. The molecule has 1 amide bonds. The predicted molar refractivity (Wildman–Crippen MR) is 79.5 cm³/mol. The molecule has 106 valence electrons. The van der Waals surface area contributed by atoms with Crippen molar-refractivity contribution in [1.82, 2.24) is 4.98 Å². The molecule has 0 unspecified atom stereocenters. The summed E-state index contributed by atoms with van der Waals surface area (Å²) in [5.41, 5.74) is 1.83. The number of carbonyl (C=O) groups excluding carboxylic acids is 1. The molecule has 0 fully saturated rings. The van der Waals surface area contributed by atoms with Gasteiger partial charge in [0.25, 0.3) is 0 Å². The van der Waals surface area contributed by atoms with E-state index in [4.69, 9.17) is 0 Å². The van der Waals surface area contributed by atoms with E-state index in [1.807, 2.05) is 12.3 Å². The molecule has 0 aliphatic heterocycles. The highest BCUT2D eigenvalue weighted by atomic mass is 32.1. The van der Waals surface area contributed by atoms with Gasteiger partial charge in [0.05, 0.1) is 12.2 Å². The fourth-order valence-corrected chi connectivity index (χ4v) is 2.57. The summed E-state index contributed by atoms with van der Waals surface area (Å²) in [7, 11) is 0. The summed E-state index contributed by atoms with van der Waals surface area (Å²) in [6.07, 6.45) is 0. The lowest BCUT2D eigenvalue weighted by Gasteiger charge is -2.22. The van der Waals surface area contributed by atoms with Gasteiger partial charge in [-0.05, 0) is 31.2 Å². The van der Waals surface area contributed by atoms with Crippen LogP contribution in [-0.2, 0) is 11.3 Å². The Kier molecular flexibility index (Phi) is 4.68. The van der Waals surface area contributed by atoms with Gasteiger partial charge < -0.3 is 10.2 Å². The van der Waals surface area contributed by atoms with Gasteiger partial charge in [0, 0.05) is 24.5 Å². The van der Waals surface area contributed by atoms with E-state index < -0.39 is 0 Å². The average molecular weight is 293 g/mol. The highest BCUT2D eigenvalue weighted by Gasteiger charge is 2.09. The molecule has 20 heavy (non-hydrogen) atoms. The third-order valence-corrected chi connectivity index (χ3v) is 3.57. The van der Waals surface area contributed by atoms with Crippen molar-refractivity contribution >= 4 is 28.1 Å². The van der Waals surface area contributed by atoms with Gasteiger partial charge in [0.15, 0.2) is 5.13 Å². The second kappa shape index (κ2) is 6.47. The lowest BCUT2D eigenvalue weighted by molar-refractivity contribution is -0.114. The van der Waals surface area contributed by atoms with E-state index in [1.54, 1.807) is 12.1 Å². The van der Waals surface area contributed by atoms with Crippen LogP contribution < -0.4 is 10.2 Å². The molecule has 1 heterocycles. The molecule has 0 radical (unpaired) electrons. The Morgan fingerprint density at radius 1 is 1.40 bits per heavy atom. The molecule has 1 aromatic carbocycles. The summed E-state index contributed by atoms with van der Waals surface area (Å²) in [5.74, 6) is -0.372. The molecule has 6 heteroatoms. The van der Waals surface area contributed by atoms with Crippen molar-refractivity contribution in [3.05, 3.63) is 41.2 Å². The zero-order valence-electron chi connectivity index (χ0n) is 11.4. The van der Waals surface area contributed by atoms with Gasteiger partial charge in [-0.2, -0.15) is 0 Å². The van der Waals surface area contributed by atoms with Crippen LogP contribution in [0.4, 0.5) is 15.2 Å². The van der Waals surface area contributed by atoms with Crippen molar-refractivity contribution < 1.29 is 9.18 Å². The highest BCUT2D eigenvalue weighted by Crippen LogP contribution is 2.20.